The molecular weight excluding hydrogens is 584 g/mol. The van der Waals surface area contributed by atoms with Crippen LogP contribution in [0.1, 0.15) is 72.1 Å². The van der Waals surface area contributed by atoms with E-state index in [2.05, 4.69) is 6.92 Å². The molecule has 12 heteroatoms. The van der Waals surface area contributed by atoms with Crippen LogP contribution < -0.4 is 0 Å². The standard InChI is InChI=1S/C20H31NO5.C13H19NO5/c1-3-5-6-9-18(22)12-10-17-11-13-19(23)21(17)14-7-8-15-25-16-20(24)26-4-2;1-2-19-13(17)10-18-8-4-3-7-14-11(9-15)5-6-12(14)16/h7-8,10,12,17H,3-6,9,11,13-16H2,1-2H3;3-4,9,11H,2,5-8,10H2,1H3/b8-7-,12-10+;4-3-/t17-;11-/m01/s1. The molecule has 2 heterocycles. The number of ether oxygens (including phenoxy) is 4. The summed E-state index contributed by atoms with van der Waals surface area (Å²) in [6.45, 7) is 7.52. The van der Waals surface area contributed by atoms with Gasteiger partial charge in [0.25, 0.3) is 0 Å². The molecule has 45 heavy (non-hydrogen) atoms. The summed E-state index contributed by atoms with van der Waals surface area (Å²) in [5, 5.41) is 0. The molecule has 252 valence electrons. The van der Waals surface area contributed by atoms with Gasteiger partial charge in [0.2, 0.25) is 11.8 Å². The van der Waals surface area contributed by atoms with Gasteiger partial charge in [0.1, 0.15) is 19.5 Å². The van der Waals surface area contributed by atoms with Crippen LogP contribution in [0.25, 0.3) is 0 Å². The van der Waals surface area contributed by atoms with E-state index in [0.29, 0.717) is 52.0 Å². The number of ketones is 1. The van der Waals surface area contributed by atoms with Crippen molar-refractivity contribution >= 4 is 35.8 Å². The average Bonchev–Trinajstić information content (AvgIpc) is 3.56. The van der Waals surface area contributed by atoms with Gasteiger partial charge < -0.3 is 33.5 Å². The molecule has 0 N–H and O–H groups in total. The predicted octanol–water partition coefficient (Wildman–Crippen LogP) is 3.13. The number of rotatable bonds is 21. The lowest BCUT2D eigenvalue weighted by atomic mass is 10.1. The first-order valence-electron chi connectivity index (χ1n) is 15.8. The van der Waals surface area contributed by atoms with Gasteiger partial charge in [0.15, 0.2) is 5.78 Å². The predicted molar refractivity (Wildman–Crippen MR) is 167 cm³/mol. The largest absolute Gasteiger partial charge is 0.464 e. The molecule has 2 fully saturated rings. The monoisotopic (exact) mass is 634 g/mol. The van der Waals surface area contributed by atoms with Crippen LogP contribution in [0.5, 0.6) is 0 Å². The van der Waals surface area contributed by atoms with E-state index in [1.807, 2.05) is 12.2 Å². The molecule has 2 amide bonds. The Morgan fingerprint density at radius 1 is 0.756 bits per heavy atom. The molecule has 0 aliphatic carbocycles. The molecule has 12 nitrogen and oxygen atoms in total. The van der Waals surface area contributed by atoms with E-state index < -0.39 is 5.97 Å². The fourth-order valence-electron chi connectivity index (χ4n) is 4.52. The highest BCUT2D eigenvalue weighted by molar-refractivity contribution is 5.90. The Labute approximate surface area is 266 Å². The number of hydrogen-bond donors (Lipinski definition) is 0. The summed E-state index contributed by atoms with van der Waals surface area (Å²) in [6, 6.07) is -0.333. The Kier molecular flexibility index (Phi) is 21.6. The van der Waals surface area contributed by atoms with E-state index in [9.17, 15) is 28.8 Å². The molecule has 2 rings (SSSR count). The number of carbonyl (C=O) groups is 6. The SMILES string of the molecule is CCCCCC(=O)/C=C/[C@H]1CCC(=O)N1C/C=C\COCC(=O)OCC.CCOC(=O)COC/C=C\CN1C(=O)CC[C@@H]1C=O. The van der Waals surface area contributed by atoms with E-state index in [0.717, 1.165) is 32.0 Å². The summed E-state index contributed by atoms with van der Waals surface area (Å²) < 4.78 is 19.7. The third-order valence-electron chi connectivity index (χ3n) is 6.85. The van der Waals surface area contributed by atoms with Gasteiger partial charge in [-0.25, -0.2) is 9.59 Å². The molecule has 0 spiro atoms. The number of esters is 2. The molecule has 0 aromatic heterocycles. The van der Waals surface area contributed by atoms with Gasteiger partial charge in [-0.15, -0.1) is 0 Å². The lowest BCUT2D eigenvalue weighted by Crippen LogP contribution is -2.34. The van der Waals surface area contributed by atoms with Gasteiger partial charge in [0, 0.05) is 32.4 Å². The van der Waals surface area contributed by atoms with E-state index in [1.165, 1.54) is 4.90 Å². The van der Waals surface area contributed by atoms with Crippen molar-refractivity contribution in [2.45, 2.75) is 84.2 Å². The zero-order valence-corrected chi connectivity index (χ0v) is 27.0. The molecule has 0 bridgehead atoms. The maximum absolute atomic E-state index is 12.0. The van der Waals surface area contributed by atoms with Gasteiger partial charge in [-0.2, -0.15) is 0 Å². The number of hydrogen-bond acceptors (Lipinski definition) is 10. The van der Waals surface area contributed by atoms with Gasteiger partial charge >= 0.3 is 11.9 Å². The van der Waals surface area contributed by atoms with Crippen molar-refractivity contribution < 1.29 is 47.7 Å². The molecule has 2 aliphatic rings. The Morgan fingerprint density at radius 3 is 1.76 bits per heavy atom. The lowest BCUT2D eigenvalue weighted by Gasteiger charge is -2.20. The van der Waals surface area contributed by atoms with E-state index in [4.69, 9.17) is 18.9 Å². The highest BCUT2D eigenvalue weighted by atomic mass is 16.6. The van der Waals surface area contributed by atoms with Crippen molar-refractivity contribution in [3.63, 3.8) is 0 Å². The summed E-state index contributed by atoms with van der Waals surface area (Å²) in [7, 11) is 0. The molecule has 2 aliphatic heterocycles. The van der Waals surface area contributed by atoms with Gasteiger partial charge in [-0.3, -0.25) is 14.4 Å². The minimum absolute atomic E-state index is 0.00538. The van der Waals surface area contributed by atoms with Gasteiger partial charge in [-0.1, -0.05) is 50.1 Å². The highest BCUT2D eigenvalue weighted by Gasteiger charge is 2.29. The Morgan fingerprint density at radius 2 is 1.27 bits per heavy atom. The fraction of sp³-hybridized carbons (Fsp3) is 0.636. The minimum Gasteiger partial charge on any atom is -0.464 e. The molecule has 0 aromatic rings. The molecule has 0 radical (unpaired) electrons. The number of likely N-dealkylation sites (tertiary alicyclic amines) is 2. The van der Waals surface area contributed by atoms with Crippen molar-refractivity contribution in [3.05, 3.63) is 36.5 Å². The van der Waals surface area contributed by atoms with Crippen LogP contribution in [0.4, 0.5) is 0 Å². The van der Waals surface area contributed by atoms with E-state index in [1.54, 1.807) is 43.1 Å². The van der Waals surface area contributed by atoms with Crippen LogP contribution in [0.15, 0.2) is 36.5 Å². The number of allylic oxidation sites excluding steroid dienone is 1. The van der Waals surface area contributed by atoms with Gasteiger partial charge in [0.05, 0.1) is 38.5 Å². The maximum atomic E-state index is 12.0. The summed E-state index contributed by atoms with van der Waals surface area (Å²) in [6.07, 6.45) is 17.3. The second kappa shape index (κ2) is 24.7. The number of aldehydes is 1. The van der Waals surface area contributed by atoms with Crippen LogP contribution in [-0.4, -0.2) is 110 Å². The zero-order valence-electron chi connectivity index (χ0n) is 27.0. The molecule has 2 atom stereocenters. The second-order valence-electron chi connectivity index (χ2n) is 10.3. The first kappa shape index (κ1) is 39.4. The summed E-state index contributed by atoms with van der Waals surface area (Å²) in [5.41, 5.74) is 0. The molecule has 0 unspecified atom stereocenters. The molecule has 2 saturated heterocycles. The van der Waals surface area contributed by atoms with Crippen LogP contribution in [-0.2, 0) is 47.7 Å². The summed E-state index contributed by atoms with van der Waals surface area (Å²) >= 11 is 0. The quantitative estimate of drug-likeness (QED) is 0.0607. The van der Waals surface area contributed by atoms with Crippen LogP contribution in [0, 0.1) is 0 Å². The number of carbonyl (C=O) groups excluding carboxylic acids is 6. The number of nitrogens with zero attached hydrogens (tertiary/aromatic N) is 2. The Bertz CT molecular complexity index is 1020. The van der Waals surface area contributed by atoms with Crippen molar-refractivity contribution in [2.24, 2.45) is 0 Å². The van der Waals surface area contributed by atoms with Crippen LogP contribution in [0.2, 0.25) is 0 Å². The number of amides is 2. The lowest BCUT2D eigenvalue weighted by molar-refractivity contribution is -0.148. The molecule has 0 saturated carbocycles. The summed E-state index contributed by atoms with van der Waals surface area (Å²) in [4.78, 5) is 71.4. The second-order valence-corrected chi connectivity index (χ2v) is 10.3. The first-order valence-corrected chi connectivity index (χ1v) is 15.8. The Balaban J connectivity index is 0.000000472. The zero-order chi connectivity index (χ0) is 33.3. The van der Waals surface area contributed by atoms with Gasteiger partial charge in [-0.05, 0) is 39.2 Å². The topological polar surface area (TPSA) is 146 Å². The van der Waals surface area contributed by atoms with E-state index in [-0.39, 0.29) is 62.1 Å². The summed E-state index contributed by atoms with van der Waals surface area (Å²) in [5.74, 6) is -0.568. The van der Waals surface area contributed by atoms with Crippen LogP contribution in [0.3, 0.4) is 0 Å². The maximum Gasteiger partial charge on any atom is 0.332 e. The molecular formula is C33H50N2O10. The third kappa shape index (κ3) is 17.4. The fourth-order valence-corrected chi connectivity index (χ4v) is 4.52. The third-order valence-corrected chi connectivity index (χ3v) is 6.85. The minimum atomic E-state index is -0.397. The highest BCUT2D eigenvalue weighted by Crippen LogP contribution is 2.20. The molecule has 0 aromatic carbocycles. The van der Waals surface area contributed by atoms with Crippen molar-refractivity contribution in [2.75, 3.05) is 52.7 Å². The average molecular weight is 635 g/mol. The van der Waals surface area contributed by atoms with Crippen molar-refractivity contribution in [1.82, 2.24) is 9.80 Å². The first-order chi connectivity index (χ1) is 21.8. The normalized spacial score (nSPS) is 18.2. The van der Waals surface area contributed by atoms with E-state index >= 15 is 0 Å². The van der Waals surface area contributed by atoms with Crippen LogP contribution >= 0.6 is 0 Å². The van der Waals surface area contributed by atoms with Crippen molar-refractivity contribution in [1.29, 1.82) is 0 Å². The smallest absolute Gasteiger partial charge is 0.332 e. The Hall–Kier alpha value is -3.64. The van der Waals surface area contributed by atoms with Crippen molar-refractivity contribution in [3.8, 4) is 0 Å². The number of unbranched alkanes of at least 4 members (excludes halogenated alkanes) is 2.